The first-order valence-corrected chi connectivity index (χ1v) is 3.22. The lowest BCUT2D eigenvalue weighted by molar-refractivity contribution is -0.282. The number of fused-ring (bicyclic) bond motifs is 1. The number of rotatable bonds is 1. The van der Waals surface area contributed by atoms with Crippen LogP contribution in [0.5, 0.6) is 0 Å². The highest BCUT2D eigenvalue weighted by Gasteiger charge is 2.24. The van der Waals surface area contributed by atoms with Gasteiger partial charge in [0.05, 0.1) is 0 Å². The lowest BCUT2D eigenvalue weighted by Crippen LogP contribution is -1.98. The van der Waals surface area contributed by atoms with Crippen LogP contribution in [0.1, 0.15) is 0 Å². The van der Waals surface area contributed by atoms with Crippen LogP contribution in [0.3, 0.4) is 0 Å². The average molecular weight is 164 g/mol. The van der Waals surface area contributed by atoms with E-state index in [9.17, 15) is 0 Å². The van der Waals surface area contributed by atoms with Gasteiger partial charge in [0.1, 0.15) is 0 Å². The maximum Gasteiger partial charge on any atom is 0.315 e. The van der Waals surface area contributed by atoms with Gasteiger partial charge >= 0.3 is 5.82 Å². The number of aliphatic imine (C=N–C) groups is 1. The summed E-state index contributed by atoms with van der Waals surface area (Å²) in [6.07, 6.45) is 2.82. The third-order valence-electron chi connectivity index (χ3n) is 1.51. The molecule has 6 nitrogen and oxygen atoms in total. The molecule has 1 aromatic heterocycles. The smallest absolute Gasteiger partial charge is 0.290 e. The molecule has 0 aliphatic carbocycles. The normalized spacial score (nSPS) is 13.2. The van der Waals surface area contributed by atoms with Crippen molar-refractivity contribution in [3.05, 3.63) is 6.33 Å². The monoisotopic (exact) mass is 164 g/mol. The largest absolute Gasteiger partial charge is 0.315 e. The van der Waals surface area contributed by atoms with E-state index in [2.05, 4.69) is 21.7 Å². The summed E-state index contributed by atoms with van der Waals surface area (Å²) in [6, 6.07) is 0. The van der Waals surface area contributed by atoms with Crippen molar-refractivity contribution in [2.24, 2.45) is 4.99 Å². The van der Waals surface area contributed by atoms with Crippen molar-refractivity contribution < 1.29 is 9.78 Å². The van der Waals surface area contributed by atoms with Crippen LogP contribution in [0.25, 0.3) is 0 Å². The van der Waals surface area contributed by atoms with E-state index in [0.717, 1.165) is 0 Å². The third kappa shape index (κ3) is 0.785. The molecule has 2 rings (SSSR count). The maximum absolute atomic E-state index is 8.63. The Morgan fingerprint density at radius 3 is 3.08 bits per heavy atom. The highest BCUT2D eigenvalue weighted by Crippen LogP contribution is 2.33. The summed E-state index contributed by atoms with van der Waals surface area (Å²) in [5.41, 5.74) is 2.42. The van der Waals surface area contributed by atoms with Gasteiger partial charge < -0.3 is 0 Å². The number of nitrogens with zero attached hydrogens (tertiary/aromatic N) is 4. The molecule has 0 spiro atoms. The summed E-state index contributed by atoms with van der Waals surface area (Å²) in [5, 5.41) is 8.63. The first-order chi connectivity index (χ1) is 5.83. The summed E-state index contributed by atoms with van der Waals surface area (Å²) >= 11 is 0. The van der Waals surface area contributed by atoms with Crippen molar-refractivity contribution in [3.8, 4) is 0 Å². The third-order valence-corrected chi connectivity index (χ3v) is 1.51. The summed E-state index contributed by atoms with van der Waals surface area (Å²) in [5.74, 6) is 0.851. The molecule has 1 aliphatic rings. The van der Waals surface area contributed by atoms with Crippen LogP contribution in [-0.4, -0.2) is 32.8 Å². The molecule has 0 fully saturated rings. The van der Waals surface area contributed by atoms with Gasteiger partial charge in [0.2, 0.25) is 12.2 Å². The molecule has 0 saturated heterocycles. The van der Waals surface area contributed by atoms with Gasteiger partial charge in [0.25, 0.3) is 5.69 Å². The van der Waals surface area contributed by atoms with E-state index in [4.69, 9.17) is 5.21 Å². The molecule has 0 atom stereocenters. The molecule has 1 aromatic rings. The lowest BCUT2D eigenvalue weighted by atomic mass is 10.4. The summed E-state index contributed by atoms with van der Waals surface area (Å²) < 4.78 is 1.50. The van der Waals surface area contributed by atoms with Crippen molar-refractivity contribution in [2.75, 3.05) is 5.48 Å². The van der Waals surface area contributed by atoms with Gasteiger partial charge in [-0.2, -0.15) is 4.98 Å². The first kappa shape index (κ1) is 6.86. The topological polar surface area (TPSA) is 73.4 Å². The standard InChI is InChI=1S/C6H6N5O/c1-11-3-9-4-5(10-12)7-2-8-6(4)11/h2-3,12H,1H2,(H,7,8,10)/q+1. The second kappa shape index (κ2) is 2.35. The van der Waals surface area contributed by atoms with E-state index in [1.165, 1.54) is 17.2 Å². The van der Waals surface area contributed by atoms with Crippen molar-refractivity contribution in [2.45, 2.75) is 0 Å². The Hall–Kier alpha value is -1.82. The zero-order valence-corrected chi connectivity index (χ0v) is 6.10. The fourth-order valence-corrected chi connectivity index (χ4v) is 0.962. The Labute approximate surface area is 67.9 Å². The van der Waals surface area contributed by atoms with E-state index in [1.807, 2.05) is 5.48 Å². The van der Waals surface area contributed by atoms with Gasteiger partial charge in [-0.1, -0.05) is 9.98 Å². The minimum atomic E-state index is 0.280. The summed E-state index contributed by atoms with van der Waals surface area (Å²) in [4.78, 5) is 11.6. The Balaban J connectivity index is 2.65. The zero-order valence-electron chi connectivity index (χ0n) is 6.10. The molecule has 60 valence electrons. The van der Waals surface area contributed by atoms with E-state index in [-0.39, 0.29) is 5.82 Å². The fourth-order valence-electron chi connectivity index (χ4n) is 0.962. The van der Waals surface area contributed by atoms with Gasteiger partial charge in [-0.3, -0.25) is 5.21 Å². The number of nitrogens with one attached hydrogen (secondary N) is 1. The van der Waals surface area contributed by atoms with Gasteiger partial charge in [0.15, 0.2) is 6.33 Å². The van der Waals surface area contributed by atoms with Crippen molar-refractivity contribution in [1.82, 2.24) is 9.97 Å². The van der Waals surface area contributed by atoms with Crippen LogP contribution in [0.15, 0.2) is 11.3 Å². The number of anilines is 1. The lowest BCUT2D eigenvalue weighted by Gasteiger charge is -1.95. The summed E-state index contributed by atoms with van der Waals surface area (Å²) in [7, 11) is 0. The maximum atomic E-state index is 8.63. The predicted molar refractivity (Wildman–Crippen MR) is 42.6 cm³/mol. The SMILES string of the molecule is C=[N+]1C=Nc2c(NO)ncnc21. The van der Waals surface area contributed by atoms with Crippen LogP contribution < -0.4 is 5.48 Å². The highest BCUT2D eigenvalue weighted by molar-refractivity contribution is 5.79. The molecule has 2 N–H and O–H groups in total. The van der Waals surface area contributed by atoms with Crippen LogP contribution in [0.2, 0.25) is 0 Å². The molecule has 0 saturated carbocycles. The molecule has 0 bridgehead atoms. The quantitative estimate of drug-likeness (QED) is 0.462. The zero-order chi connectivity index (χ0) is 8.55. The summed E-state index contributed by atoms with van der Waals surface area (Å²) in [6.45, 7) is 3.64. The molecular formula is C6H6N5O+. The second-order valence-corrected chi connectivity index (χ2v) is 2.22. The number of hydrogen-bond acceptors (Lipinski definition) is 5. The predicted octanol–water partition coefficient (Wildman–Crippen LogP) is 0.296. The molecule has 0 amide bonds. The molecule has 0 radical (unpaired) electrons. The van der Waals surface area contributed by atoms with Crippen molar-refractivity contribution in [3.63, 3.8) is 0 Å². The molecule has 6 heteroatoms. The van der Waals surface area contributed by atoms with Crippen LogP contribution in [0, 0.1) is 0 Å². The first-order valence-electron chi connectivity index (χ1n) is 3.22. The Kier molecular flexibility index (Phi) is 1.34. The van der Waals surface area contributed by atoms with Gasteiger partial charge in [-0.15, -0.1) is 0 Å². The molecular weight excluding hydrogens is 158 g/mol. The van der Waals surface area contributed by atoms with Crippen molar-refractivity contribution in [1.29, 1.82) is 0 Å². The Bertz CT molecular complexity index is 372. The minimum absolute atomic E-state index is 0.280. The number of aromatic nitrogens is 2. The van der Waals surface area contributed by atoms with Gasteiger partial charge in [-0.25, -0.2) is 10.1 Å². The molecule has 0 aromatic carbocycles. The molecule has 0 unspecified atom stereocenters. The minimum Gasteiger partial charge on any atom is -0.290 e. The highest BCUT2D eigenvalue weighted by atomic mass is 16.5. The van der Waals surface area contributed by atoms with Crippen molar-refractivity contribution >= 4 is 30.4 Å². The molecule has 12 heavy (non-hydrogen) atoms. The van der Waals surface area contributed by atoms with Gasteiger partial charge in [-0.05, 0) is 0 Å². The Morgan fingerprint density at radius 1 is 1.50 bits per heavy atom. The molecule has 2 heterocycles. The second-order valence-electron chi connectivity index (χ2n) is 2.22. The van der Waals surface area contributed by atoms with E-state index >= 15 is 0 Å². The average Bonchev–Trinajstić information content (AvgIpc) is 2.48. The fraction of sp³-hybridized carbons (Fsp3) is 0. The Morgan fingerprint density at radius 2 is 2.33 bits per heavy atom. The van der Waals surface area contributed by atoms with Crippen LogP contribution in [0.4, 0.5) is 17.3 Å². The van der Waals surface area contributed by atoms with E-state index < -0.39 is 0 Å². The van der Waals surface area contributed by atoms with E-state index in [1.54, 1.807) is 0 Å². The molecule has 1 aliphatic heterocycles. The number of hydrogen-bond donors (Lipinski definition) is 2. The van der Waals surface area contributed by atoms with Crippen LogP contribution in [-0.2, 0) is 0 Å². The van der Waals surface area contributed by atoms with E-state index in [0.29, 0.717) is 11.5 Å². The van der Waals surface area contributed by atoms with Gasteiger partial charge in [0, 0.05) is 6.72 Å². The van der Waals surface area contributed by atoms with Crippen LogP contribution >= 0.6 is 0 Å².